The summed E-state index contributed by atoms with van der Waals surface area (Å²) in [7, 11) is 2.21. The smallest absolute Gasteiger partial charge is 0.455 e. The van der Waals surface area contributed by atoms with Crippen molar-refractivity contribution >= 4 is 0 Å². The molecule has 0 radical (unpaired) electrons. The lowest BCUT2D eigenvalue weighted by Crippen LogP contribution is -2.45. The fourth-order valence-corrected chi connectivity index (χ4v) is 1.48. The standard InChI is InChI=1S/C11H12F5NO3/c1-19-6-3-5(4-7(20-2)8(6)18)9(17)10(12,13)11(14,15)16/h3-4,9,18H,17H2,1-2H3/t9-/m0/s1. The lowest BCUT2D eigenvalue weighted by Gasteiger charge is -2.26. The highest BCUT2D eigenvalue weighted by molar-refractivity contribution is 5.53. The number of rotatable bonds is 4. The van der Waals surface area contributed by atoms with Gasteiger partial charge in [0.25, 0.3) is 0 Å². The molecular weight excluding hydrogens is 289 g/mol. The summed E-state index contributed by atoms with van der Waals surface area (Å²) >= 11 is 0. The Morgan fingerprint density at radius 2 is 1.45 bits per heavy atom. The molecule has 0 aliphatic heterocycles. The molecule has 0 fully saturated rings. The zero-order valence-electron chi connectivity index (χ0n) is 10.5. The summed E-state index contributed by atoms with van der Waals surface area (Å²) in [6.07, 6.45) is -5.80. The number of alkyl halides is 5. The number of halogens is 5. The number of hydrogen-bond donors (Lipinski definition) is 2. The van der Waals surface area contributed by atoms with E-state index in [2.05, 4.69) is 9.47 Å². The fourth-order valence-electron chi connectivity index (χ4n) is 1.48. The molecule has 0 aliphatic rings. The first kappa shape index (κ1) is 16.3. The quantitative estimate of drug-likeness (QED) is 0.839. The van der Waals surface area contributed by atoms with E-state index in [-0.39, 0.29) is 11.5 Å². The molecule has 3 N–H and O–H groups in total. The van der Waals surface area contributed by atoms with Crippen LogP contribution in [0.25, 0.3) is 0 Å². The first-order valence-corrected chi connectivity index (χ1v) is 5.21. The van der Waals surface area contributed by atoms with Crippen molar-refractivity contribution in [2.75, 3.05) is 14.2 Å². The summed E-state index contributed by atoms with van der Waals surface area (Å²) in [4.78, 5) is 0. The average Bonchev–Trinajstić information content (AvgIpc) is 2.36. The molecule has 1 aromatic rings. The van der Waals surface area contributed by atoms with E-state index in [9.17, 15) is 27.1 Å². The number of hydrogen-bond acceptors (Lipinski definition) is 4. The molecule has 0 bridgehead atoms. The Labute approximate surface area is 110 Å². The Hall–Kier alpha value is -1.77. The monoisotopic (exact) mass is 301 g/mol. The second-order valence-electron chi connectivity index (χ2n) is 3.87. The molecule has 0 heterocycles. The molecule has 0 saturated carbocycles. The molecule has 114 valence electrons. The van der Waals surface area contributed by atoms with E-state index >= 15 is 0 Å². The highest BCUT2D eigenvalue weighted by Gasteiger charge is 2.61. The first-order chi connectivity index (χ1) is 9.06. The van der Waals surface area contributed by atoms with Crippen LogP contribution in [-0.4, -0.2) is 31.4 Å². The predicted molar refractivity (Wildman–Crippen MR) is 59.1 cm³/mol. The van der Waals surface area contributed by atoms with Crippen molar-refractivity contribution in [2.24, 2.45) is 5.73 Å². The molecule has 0 amide bonds. The molecule has 0 aliphatic carbocycles. The summed E-state index contributed by atoms with van der Waals surface area (Å²) < 4.78 is 72.5. The third-order valence-electron chi connectivity index (χ3n) is 2.63. The average molecular weight is 301 g/mol. The largest absolute Gasteiger partial charge is 0.502 e. The van der Waals surface area contributed by atoms with E-state index < -0.39 is 29.5 Å². The van der Waals surface area contributed by atoms with Gasteiger partial charge in [0.2, 0.25) is 5.75 Å². The third-order valence-corrected chi connectivity index (χ3v) is 2.63. The van der Waals surface area contributed by atoms with Crippen molar-refractivity contribution in [3.63, 3.8) is 0 Å². The van der Waals surface area contributed by atoms with E-state index in [1.165, 1.54) is 0 Å². The van der Waals surface area contributed by atoms with E-state index in [1.807, 2.05) is 0 Å². The SMILES string of the molecule is COc1cc([C@H](N)C(F)(F)C(F)(F)F)cc(OC)c1O. The summed E-state index contributed by atoms with van der Waals surface area (Å²) in [5.74, 6) is -6.32. The summed E-state index contributed by atoms with van der Waals surface area (Å²) in [5.41, 5.74) is 4.41. The minimum absolute atomic E-state index is 0.326. The van der Waals surface area contributed by atoms with Crippen LogP contribution in [0.15, 0.2) is 12.1 Å². The van der Waals surface area contributed by atoms with E-state index in [4.69, 9.17) is 5.73 Å². The van der Waals surface area contributed by atoms with Crippen molar-refractivity contribution in [1.82, 2.24) is 0 Å². The van der Waals surface area contributed by atoms with Crippen molar-refractivity contribution in [1.29, 1.82) is 0 Å². The van der Waals surface area contributed by atoms with E-state index in [1.54, 1.807) is 0 Å². The van der Waals surface area contributed by atoms with E-state index in [0.717, 1.165) is 26.4 Å². The summed E-state index contributed by atoms with van der Waals surface area (Å²) in [6.45, 7) is 0. The Morgan fingerprint density at radius 3 is 1.75 bits per heavy atom. The second kappa shape index (κ2) is 5.31. The van der Waals surface area contributed by atoms with Gasteiger partial charge in [-0.2, -0.15) is 22.0 Å². The molecule has 0 unspecified atom stereocenters. The van der Waals surface area contributed by atoms with Crippen molar-refractivity contribution in [3.05, 3.63) is 17.7 Å². The minimum Gasteiger partial charge on any atom is -0.502 e. The van der Waals surface area contributed by atoms with Crippen LogP contribution in [0.1, 0.15) is 11.6 Å². The topological polar surface area (TPSA) is 64.7 Å². The first-order valence-electron chi connectivity index (χ1n) is 5.21. The van der Waals surface area contributed by atoms with Gasteiger partial charge in [0.05, 0.1) is 14.2 Å². The van der Waals surface area contributed by atoms with Gasteiger partial charge in [0.15, 0.2) is 11.5 Å². The van der Waals surface area contributed by atoms with Gasteiger partial charge >= 0.3 is 12.1 Å². The molecule has 1 atom stereocenters. The summed E-state index contributed by atoms with van der Waals surface area (Å²) in [5, 5.41) is 9.56. The van der Waals surface area contributed by atoms with Crippen LogP contribution < -0.4 is 15.2 Å². The number of nitrogens with two attached hydrogens (primary N) is 1. The predicted octanol–water partition coefficient (Wildman–Crippen LogP) is 2.61. The van der Waals surface area contributed by atoms with Gasteiger partial charge in [-0.25, -0.2) is 0 Å². The number of phenols is 1. The minimum atomic E-state index is -5.80. The zero-order chi connectivity index (χ0) is 15.7. The van der Waals surface area contributed by atoms with Crippen LogP contribution >= 0.6 is 0 Å². The van der Waals surface area contributed by atoms with Gasteiger partial charge in [-0.05, 0) is 17.7 Å². The maximum Gasteiger partial charge on any atom is 0.455 e. The maximum absolute atomic E-state index is 13.2. The second-order valence-corrected chi connectivity index (χ2v) is 3.87. The van der Waals surface area contributed by atoms with E-state index in [0.29, 0.717) is 0 Å². The number of methoxy groups -OCH3 is 2. The Kier molecular flexibility index (Phi) is 4.33. The number of benzene rings is 1. The lowest BCUT2D eigenvalue weighted by atomic mass is 10.00. The molecule has 0 spiro atoms. The number of phenolic OH excluding ortho intramolecular Hbond substituents is 1. The Morgan fingerprint density at radius 1 is 1.05 bits per heavy atom. The molecule has 4 nitrogen and oxygen atoms in total. The zero-order valence-corrected chi connectivity index (χ0v) is 10.5. The van der Waals surface area contributed by atoms with Crippen LogP contribution in [0.4, 0.5) is 22.0 Å². The van der Waals surface area contributed by atoms with Crippen LogP contribution in [0.3, 0.4) is 0 Å². The fraction of sp³-hybridized carbons (Fsp3) is 0.455. The highest BCUT2D eigenvalue weighted by Crippen LogP contribution is 2.46. The van der Waals surface area contributed by atoms with Gasteiger partial charge in [0.1, 0.15) is 6.04 Å². The Balaban J connectivity index is 3.33. The highest BCUT2D eigenvalue weighted by atomic mass is 19.4. The Bertz CT molecular complexity index is 464. The molecule has 1 aromatic carbocycles. The van der Waals surface area contributed by atoms with Gasteiger partial charge in [-0.15, -0.1) is 0 Å². The van der Waals surface area contributed by atoms with Crippen molar-refractivity contribution in [3.8, 4) is 17.2 Å². The van der Waals surface area contributed by atoms with Gasteiger partial charge < -0.3 is 20.3 Å². The van der Waals surface area contributed by atoms with Gasteiger partial charge in [0, 0.05) is 0 Å². The van der Waals surface area contributed by atoms with Crippen LogP contribution in [0.5, 0.6) is 17.2 Å². The lowest BCUT2D eigenvalue weighted by molar-refractivity contribution is -0.291. The summed E-state index contributed by atoms with van der Waals surface area (Å²) in [6, 6.07) is -1.07. The number of aromatic hydroxyl groups is 1. The van der Waals surface area contributed by atoms with Crippen LogP contribution in [0.2, 0.25) is 0 Å². The number of ether oxygens (including phenoxy) is 2. The maximum atomic E-state index is 13.2. The molecule has 9 heteroatoms. The normalized spacial score (nSPS) is 14.0. The molecule has 20 heavy (non-hydrogen) atoms. The van der Waals surface area contributed by atoms with Crippen LogP contribution in [-0.2, 0) is 0 Å². The van der Waals surface area contributed by atoms with Gasteiger partial charge in [-0.1, -0.05) is 0 Å². The molecule has 0 saturated heterocycles. The van der Waals surface area contributed by atoms with Crippen molar-refractivity contribution < 1.29 is 36.5 Å². The third kappa shape index (κ3) is 2.72. The molecule has 0 aromatic heterocycles. The van der Waals surface area contributed by atoms with Crippen LogP contribution in [0, 0.1) is 0 Å². The van der Waals surface area contributed by atoms with Gasteiger partial charge in [-0.3, -0.25) is 0 Å². The molecule has 1 rings (SSSR count). The molecular formula is C11H12F5NO3. The van der Waals surface area contributed by atoms with Crippen molar-refractivity contribution in [2.45, 2.75) is 18.1 Å².